The Bertz CT molecular complexity index is 465. The fourth-order valence-electron chi connectivity index (χ4n) is 2.33. The molecule has 0 saturated carbocycles. The lowest BCUT2D eigenvalue weighted by Gasteiger charge is -2.33. The van der Waals surface area contributed by atoms with Crippen LogP contribution in [0.4, 0.5) is 13.2 Å². The Morgan fingerprint density at radius 2 is 1.90 bits per heavy atom. The maximum atomic E-state index is 12.2. The summed E-state index contributed by atoms with van der Waals surface area (Å²) in [7, 11) is 0. The summed E-state index contributed by atoms with van der Waals surface area (Å²) < 4.78 is 40.6. The first-order valence-corrected chi connectivity index (χ1v) is 6.40. The molecule has 0 amide bonds. The summed E-state index contributed by atoms with van der Waals surface area (Å²) >= 11 is 0. The number of benzene rings is 1. The molecular weight excluding hydrogens is 309 g/mol. The SMILES string of the molecule is C[C@@H](c1cc(OC(F)(F)F)ccc1O)N1CCNCC1.Cl. The third-order valence-corrected chi connectivity index (χ3v) is 3.38. The highest BCUT2D eigenvalue weighted by Crippen LogP contribution is 2.33. The van der Waals surface area contributed by atoms with Gasteiger partial charge < -0.3 is 15.2 Å². The van der Waals surface area contributed by atoms with Crippen LogP contribution < -0.4 is 10.1 Å². The van der Waals surface area contributed by atoms with Gasteiger partial charge in [-0.1, -0.05) is 0 Å². The lowest BCUT2D eigenvalue weighted by Crippen LogP contribution is -2.44. The summed E-state index contributed by atoms with van der Waals surface area (Å²) in [6, 6.07) is 3.41. The van der Waals surface area contributed by atoms with Gasteiger partial charge in [0.25, 0.3) is 0 Å². The van der Waals surface area contributed by atoms with Gasteiger partial charge in [-0.15, -0.1) is 25.6 Å². The molecule has 1 aliphatic heterocycles. The second-order valence-electron chi connectivity index (χ2n) is 4.73. The molecule has 0 aromatic heterocycles. The first kappa shape index (κ1) is 17.9. The van der Waals surface area contributed by atoms with Crippen molar-refractivity contribution in [3.05, 3.63) is 23.8 Å². The van der Waals surface area contributed by atoms with E-state index in [0.717, 1.165) is 32.2 Å². The third kappa shape index (κ3) is 4.94. The largest absolute Gasteiger partial charge is 0.573 e. The number of hydrogen-bond acceptors (Lipinski definition) is 4. The molecule has 120 valence electrons. The number of ether oxygens (including phenoxy) is 1. The van der Waals surface area contributed by atoms with Crippen LogP contribution in [-0.2, 0) is 0 Å². The van der Waals surface area contributed by atoms with E-state index >= 15 is 0 Å². The zero-order valence-corrected chi connectivity index (χ0v) is 12.3. The molecule has 0 radical (unpaired) electrons. The molecule has 4 nitrogen and oxygen atoms in total. The molecule has 8 heteroatoms. The van der Waals surface area contributed by atoms with Gasteiger partial charge >= 0.3 is 6.36 Å². The van der Waals surface area contributed by atoms with Gasteiger partial charge in [0.15, 0.2) is 0 Å². The van der Waals surface area contributed by atoms with Crippen molar-refractivity contribution in [2.24, 2.45) is 0 Å². The van der Waals surface area contributed by atoms with Crippen molar-refractivity contribution < 1.29 is 23.0 Å². The van der Waals surface area contributed by atoms with Crippen LogP contribution in [-0.4, -0.2) is 42.5 Å². The standard InChI is InChI=1S/C13H17F3N2O2.ClH/c1-9(18-6-4-17-5-7-18)11-8-10(2-3-12(11)19)20-13(14,15)16;/h2-3,8-9,17,19H,4-7H2,1H3;1H/t9-;/m0./s1. The van der Waals surface area contributed by atoms with Crippen LogP contribution in [0.1, 0.15) is 18.5 Å². The molecular formula is C13H18ClF3N2O2. The number of halogens is 4. The number of alkyl halides is 3. The van der Waals surface area contributed by atoms with Crippen molar-refractivity contribution in [2.45, 2.75) is 19.3 Å². The van der Waals surface area contributed by atoms with E-state index in [4.69, 9.17) is 0 Å². The van der Waals surface area contributed by atoms with Crippen molar-refractivity contribution in [1.29, 1.82) is 0 Å². The molecule has 2 rings (SSSR count). The van der Waals surface area contributed by atoms with E-state index in [9.17, 15) is 18.3 Å². The quantitative estimate of drug-likeness (QED) is 0.896. The molecule has 1 atom stereocenters. The van der Waals surface area contributed by atoms with Gasteiger partial charge in [-0.25, -0.2) is 0 Å². The smallest absolute Gasteiger partial charge is 0.508 e. The first-order valence-electron chi connectivity index (χ1n) is 6.40. The molecule has 0 spiro atoms. The van der Waals surface area contributed by atoms with E-state index in [-0.39, 0.29) is 29.9 Å². The van der Waals surface area contributed by atoms with Crippen molar-refractivity contribution in [3.8, 4) is 11.5 Å². The fraction of sp³-hybridized carbons (Fsp3) is 0.538. The van der Waals surface area contributed by atoms with Crippen molar-refractivity contribution in [1.82, 2.24) is 10.2 Å². The summed E-state index contributed by atoms with van der Waals surface area (Å²) in [6.45, 7) is 5.07. The number of hydrogen-bond donors (Lipinski definition) is 2. The highest BCUT2D eigenvalue weighted by atomic mass is 35.5. The lowest BCUT2D eigenvalue weighted by atomic mass is 10.0. The monoisotopic (exact) mass is 326 g/mol. The van der Waals surface area contributed by atoms with E-state index < -0.39 is 6.36 Å². The molecule has 1 saturated heterocycles. The summed E-state index contributed by atoms with van der Waals surface area (Å²) in [5.74, 6) is -0.335. The number of nitrogens with zero attached hydrogens (tertiary/aromatic N) is 1. The normalized spacial score (nSPS) is 17.9. The minimum Gasteiger partial charge on any atom is -0.508 e. The maximum Gasteiger partial charge on any atom is 0.573 e. The maximum absolute atomic E-state index is 12.2. The predicted molar refractivity (Wildman–Crippen MR) is 74.9 cm³/mol. The fourth-order valence-corrected chi connectivity index (χ4v) is 2.33. The Kier molecular flexibility index (Phi) is 6.12. The lowest BCUT2D eigenvalue weighted by molar-refractivity contribution is -0.274. The highest BCUT2D eigenvalue weighted by Gasteiger charge is 2.31. The summed E-state index contributed by atoms with van der Waals surface area (Å²) in [6.07, 6.45) is -4.73. The second kappa shape index (κ2) is 7.20. The molecule has 2 N–H and O–H groups in total. The zero-order valence-electron chi connectivity index (χ0n) is 11.5. The Balaban J connectivity index is 0.00000220. The van der Waals surface area contributed by atoms with Crippen molar-refractivity contribution in [3.63, 3.8) is 0 Å². The van der Waals surface area contributed by atoms with Crippen molar-refractivity contribution in [2.75, 3.05) is 26.2 Å². The Hall–Kier alpha value is -1.18. The topological polar surface area (TPSA) is 44.7 Å². The molecule has 0 bridgehead atoms. The van der Waals surface area contributed by atoms with E-state index in [1.54, 1.807) is 0 Å². The first-order chi connectivity index (χ1) is 9.37. The molecule has 1 aromatic rings. The van der Waals surface area contributed by atoms with E-state index in [1.165, 1.54) is 12.1 Å². The molecule has 1 aliphatic rings. The number of piperazine rings is 1. The second-order valence-corrected chi connectivity index (χ2v) is 4.73. The van der Waals surface area contributed by atoms with Crippen LogP contribution in [0.15, 0.2) is 18.2 Å². The Morgan fingerprint density at radius 3 is 2.48 bits per heavy atom. The third-order valence-electron chi connectivity index (χ3n) is 3.38. The Labute approximate surface area is 127 Å². The minimum absolute atomic E-state index is 0. The number of phenols is 1. The van der Waals surface area contributed by atoms with Gasteiger partial charge in [-0.3, -0.25) is 4.90 Å². The summed E-state index contributed by atoms with van der Waals surface area (Å²) in [5.41, 5.74) is 0.439. The average Bonchev–Trinajstić information content (AvgIpc) is 2.40. The van der Waals surface area contributed by atoms with Gasteiger partial charge in [-0.2, -0.15) is 0 Å². The van der Waals surface area contributed by atoms with Crippen LogP contribution in [0.2, 0.25) is 0 Å². The van der Waals surface area contributed by atoms with Crippen molar-refractivity contribution >= 4 is 12.4 Å². The zero-order chi connectivity index (χ0) is 14.8. The molecule has 1 aromatic carbocycles. The van der Waals surface area contributed by atoms with Gasteiger partial charge in [0.05, 0.1) is 0 Å². The number of phenolic OH excluding ortho intramolecular Hbond substituents is 1. The van der Waals surface area contributed by atoms with E-state index in [0.29, 0.717) is 5.56 Å². The average molecular weight is 327 g/mol. The number of rotatable bonds is 3. The van der Waals surface area contributed by atoms with Gasteiger partial charge in [0.2, 0.25) is 0 Å². The van der Waals surface area contributed by atoms with Gasteiger partial charge in [0, 0.05) is 37.8 Å². The summed E-state index contributed by atoms with van der Waals surface area (Å²) in [5, 5.41) is 13.1. The van der Waals surface area contributed by atoms with Crippen LogP contribution in [0.25, 0.3) is 0 Å². The molecule has 1 fully saturated rings. The summed E-state index contributed by atoms with van der Waals surface area (Å²) in [4.78, 5) is 2.10. The molecule has 21 heavy (non-hydrogen) atoms. The number of aromatic hydroxyl groups is 1. The Morgan fingerprint density at radius 1 is 1.29 bits per heavy atom. The molecule has 0 unspecified atom stereocenters. The van der Waals surface area contributed by atoms with E-state index in [1.807, 2.05) is 6.92 Å². The highest BCUT2D eigenvalue weighted by molar-refractivity contribution is 5.85. The van der Waals surface area contributed by atoms with Gasteiger partial charge in [0.1, 0.15) is 11.5 Å². The van der Waals surface area contributed by atoms with E-state index in [2.05, 4.69) is 15.0 Å². The minimum atomic E-state index is -4.73. The predicted octanol–water partition coefficient (Wildman–Crippen LogP) is 2.68. The number of nitrogens with one attached hydrogen (secondary N) is 1. The van der Waals surface area contributed by atoms with Crippen LogP contribution in [0.3, 0.4) is 0 Å². The van der Waals surface area contributed by atoms with Gasteiger partial charge in [-0.05, 0) is 25.1 Å². The molecule has 1 heterocycles. The van der Waals surface area contributed by atoms with Crippen LogP contribution in [0, 0.1) is 0 Å². The molecule has 0 aliphatic carbocycles. The van der Waals surface area contributed by atoms with Crippen LogP contribution in [0.5, 0.6) is 11.5 Å². The van der Waals surface area contributed by atoms with Crippen LogP contribution >= 0.6 is 12.4 Å².